The van der Waals surface area contributed by atoms with Crippen molar-refractivity contribution >= 4 is 35.8 Å². The van der Waals surface area contributed by atoms with Crippen molar-refractivity contribution in [3.05, 3.63) is 125 Å². The Morgan fingerprint density at radius 2 is 1.12 bits per heavy atom. The Hall–Kier alpha value is -7.16. The molecule has 0 amide bonds. The molecule has 1 fully saturated rings. The van der Waals surface area contributed by atoms with E-state index in [2.05, 4.69) is 41.7 Å². The minimum Gasteiger partial charge on any atom is -0.492 e. The zero-order valence-electron chi connectivity index (χ0n) is 46.2. The number of ether oxygens (including phenoxy) is 7. The molecule has 0 saturated heterocycles. The zero-order chi connectivity index (χ0) is 56.8. The average Bonchev–Trinajstić information content (AvgIpc) is 3.48. The van der Waals surface area contributed by atoms with Crippen molar-refractivity contribution in [1.29, 1.82) is 0 Å². The van der Waals surface area contributed by atoms with Crippen LogP contribution in [0, 0.1) is 23.0 Å². The summed E-state index contributed by atoms with van der Waals surface area (Å²) in [6, 6.07) is 21.6. The van der Waals surface area contributed by atoms with Gasteiger partial charge in [-0.3, -0.25) is 19.2 Å². The molecule has 0 unspecified atom stereocenters. The van der Waals surface area contributed by atoms with E-state index in [0.29, 0.717) is 47.6 Å². The molecular weight excluding hydrogens is 1000 g/mol. The molecule has 420 valence electrons. The van der Waals surface area contributed by atoms with Crippen molar-refractivity contribution in [2.75, 3.05) is 47.3 Å². The first-order valence-electron chi connectivity index (χ1n) is 27.0. The van der Waals surface area contributed by atoms with Crippen molar-refractivity contribution in [3.63, 3.8) is 0 Å². The van der Waals surface area contributed by atoms with Gasteiger partial charge in [0.15, 0.2) is 0 Å². The van der Waals surface area contributed by atoms with E-state index in [-0.39, 0.29) is 55.6 Å². The lowest BCUT2D eigenvalue weighted by atomic mass is 9.77. The van der Waals surface area contributed by atoms with Gasteiger partial charge < -0.3 is 33.2 Å². The molecule has 15 heteroatoms. The Labute approximate surface area is 458 Å². The average molecular weight is 1080 g/mol. The van der Waals surface area contributed by atoms with Crippen LogP contribution in [0.5, 0.6) is 5.75 Å². The maximum absolute atomic E-state index is 16.2. The fraction of sp³-hybridized carbons (Fsp3) is 0.460. The predicted molar refractivity (Wildman–Crippen MR) is 293 cm³/mol. The molecule has 0 bridgehead atoms. The Morgan fingerprint density at radius 1 is 0.577 bits per heavy atom. The smallest absolute Gasteiger partial charge is 0.333 e. The minimum atomic E-state index is -1.56. The predicted octanol–water partition coefficient (Wildman–Crippen LogP) is 12.9. The van der Waals surface area contributed by atoms with Crippen molar-refractivity contribution < 1.29 is 70.7 Å². The number of methoxy groups -OCH3 is 2. The third-order valence-electron chi connectivity index (χ3n) is 14.1. The summed E-state index contributed by atoms with van der Waals surface area (Å²) in [6.07, 6.45) is 9.86. The largest absolute Gasteiger partial charge is 0.492 e. The van der Waals surface area contributed by atoms with E-state index in [1.807, 2.05) is 31.2 Å². The number of benzene rings is 4. The van der Waals surface area contributed by atoms with Gasteiger partial charge in [-0.25, -0.2) is 18.4 Å². The van der Waals surface area contributed by atoms with Crippen LogP contribution in [0.4, 0.5) is 8.78 Å². The van der Waals surface area contributed by atoms with Crippen LogP contribution in [0.2, 0.25) is 0 Å². The molecule has 1 aliphatic carbocycles. The van der Waals surface area contributed by atoms with Crippen LogP contribution in [0.15, 0.2) is 97.1 Å². The van der Waals surface area contributed by atoms with Gasteiger partial charge in [-0.2, -0.15) is 0 Å². The van der Waals surface area contributed by atoms with Crippen LogP contribution in [0.3, 0.4) is 0 Å². The zero-order valence-corrected chi connectivity index (χ0v) is 46.2. The summed E-state index contributed by atoms with van der Waals surface area (Å²) in [4.78, 5) is 74.6. The lowest BCUT2D eigenvalue weighted by Gasteiger charge is -2.32. The number of carbonyl (C=O) groups excluding carboxylic acids is 6. The Bertz CT molecular complexity index is 2680. The van der Waals surface area contributed by atoms with E-state index in [9.17, 15) is 28.8 Å². The fourth-order valence-corrected chi connectivity index (χ4v) is 9.43. The van der Waals surface area contributed by atoms with Gasteiger partial charge in [-0.15, -0.1) is 0 Å². The van der Waals surface area contributed by atoms with Gasteiger partial charge in [0.1, 0.15) is 49.2 Å². The summed E-state index contributed by atoms with van der Waals surface area (Å²) in [5.41, 5.74) is 4.38. The highest BCUT2D eigenvalue weighted by molar-refractivity contribution is 5.87. The van der Waals surface area contributed by atoms with Crippen LogP contribution in [-0.2, 0) is 70.0 Å². The van der Waals surface area contributed by atoms with E-state index < -0.39 is 72.7 Å². The van der Waals surface area contributed by atoms with Gasteiger partial charge >= 0.3 is 35.8 Å². The maximum atomic E-state index is 16.2. The first-order valence-corrected chi connectivity index (χ1v) is 27.0. The van der Waals surface area contributed by atoms with Crippen molar-refractivity contribution in [3.8, 4) is 39.1 Å². The van der Waals surface area contributed by atoms with Crippen molar-refractivity contribution in [2.45, 2.75) is 130 Å². The van der Waals surface area contributed by atoms with Crippen LogP contribution in [0.1, 0.15) is 134 Å². The number of aryl methyl sites for hydroxylation is 2. The molecule has 0 spiro atoms. The van der Waals surface area contributed by atoms with Crippen LogP contribution >= 0.6 is 0 Å². The summed E-state index contributed by atoms with van der Waals surface area (Å²) >= 11 is 0. The maximum Gasteiger partial charge on any atom is 0.333 e. The van der Waals surface area contributed by atoms with E-state index in [4.69, 9.17) is 23.7 Å². The lowest BCUT2D eigenvalue weighted by Crippen LogP contribution is -2.44. The summed E-state index contributed by atoms with van der Waals surface area (Å²) in [6.45, 7) is 12.6. The van der Waals surface area contributed by atoms with E-state index in [1.165, 1.54) is 77.4 Å². The number of rotatable bonds is 30. The van der Waals surface area contributed by atoms with E-state index >= 15 is 8.78 Å². The highest BCUT2D eigenvalue weighted by atomic mass is 19.1. The summed E-state index contributed by atoms with van der Waals surface area (Å²) in [5, 5.41) is 0. The Morgan fingerprint density at radius 3 is 1.68 bits per heavy atom. The highest BCUT2D eigenvalue weighted by Gasteiger charge is 2.38. The molecular formula is C63H76F2O13. The monoisotopic (exact) mass is 1080 g/mol. The molecule has 0 atom stereocenters. The fourth-order valence-electron chi connectivity index (χ4n) is 9.43. The van der Waals surface area contributed by atoms with Gasteiger partial charge in [0.25, 0.3) is 0 Å². The molecule has 1 aliphatic rings. The third-order valence-corrected chi connectivity index (χ3v) is 14.1. The molecule has 1 saturated carbocycles. The first kappa shape index (κ1) is 61.7. The quantitative estimate of drug-likeness (QED) is 0.0210. The molecule has 0 radical (unpaired) electrons. The van der Waals surface area contributed by atoms with E-state index in [1.54, 1.807) is 31.2 Å². The van der Waals surface area contributed by atoms with Crippen LogP contribution in [-0.4, -0.2) is 83.1 Å². The second-order valence-corrected chi connectivity index (χ2v) is 20.3. The normalized spacial score (nSPS) is 14.2. The highest BCUT2D eigenvalue weighted by Crippen LogP contribution is 2.40. The lowest BCUT2D eigenvalue weighted by molar-refractivity contribution is -0.165. The van der Waals surface area contributed by atoms with Crippen LogP contribution < -0.4 is 4.74 Å². The molecule has 78 heavy (non-hydrogen) atoms. The molecule has 0 heterocycles. The summed E-state index contributed by atoms with van der Waals surface area (Å²) in [7, 11) is 2.36. The van der Waals surface area contributed by atoms with Gasteiger partial charge in [-0.05, 0) is 139 Å². The topological polar surface area (TPSA) is 167 Å². The molecule has 0 N–H and O–H groups in total. The van der Waals surface area contributed by atoms with E-state index in [0.717, 1.165) is 41.0 Å². The Balaban J connectivity index is 1.44. The first-order chi connectivity index (χ1) is 37.4. The number of hydrogen-bond donors (Lipinski definition) is 0. The van der Waals surface area contributed by atoms with Gasteiger partial charge in [-0.1, -0.05) is 101 Å². The van der Waals surface area contributed by atoms with Gasteiger partial charge in [0.2, 0.25) is 0 Å². The van der Waals surface area contributed by atoms with Crippen molar-refractivity contribution in [1.82, 2.24) is 0 Å². The van der Waals surface area contributed by atoms with Crippen molar-refractivity contribution in [2.24, 2.45) is 11.3 Å². The molecule has 4 aromatic carbocycles. The molecule has 0 aliphatic heterocycles. The van der Waals surface area contributed by atoms with Gasteiger partial charge in [0.05, 0.1) is 52.1 Å². The number of esters is 6. The molecule has 13 nitrogen and oxygen atoms in total. The second-order valence-electron chi connectivity index (χ2n) is 20.3. The number of unbranched alkanes of at least 4 members (excludes halogenated alkanes) is 2. The third kappa shape index (κ3) is 18.5. The molecule has 0 aromatic heterocycles. The minimum absolute atomic E-state index is 0.0372. The van der Waals surface area contributed by atoms with Gasteiger partial charge in [0, 0.05) is 11.1 Å². The number of hydrogen-bond acceptors (Lipinski definition) is 13. The molecule has 5 rings (SSSR count). The molecule has 4 aromatic rings. The summed E-state index contributed by atoms with van der Waals surface area (Å²) < 4.78 is 70.4. The number of carbonyl (C=O) groups is 6. The SMILES string of the molecule is C=C(C)C(=O)OCCCc1cc(-c2ccc(-c3c(F)cc(-c4ccc(C5CCC(CCCCC)CC5)cc4)cc3F)cc2CC)ccc1OCC(COC(=O)CCC(=O)OC)(COC(=O)CCC(=O)OC)COC(=O)C(=C)C. The standard InChI is InChI=1S/C63H76F2O13/c1-9-11-12-14-43-16-18-45(19-17-43)46-20-22-47(23-21-46)51-35-53(64)60(54(65)36-51)50-24-26-52(44(10-2)33-50)48-25-27-55(49(34-48)15-13-32-74-61(70)41(3)4)75-37-63(40-78-62(71)42(5)6,38-76-58(68)30-28-56(66)72-7)39-77-59(69)31-29-57(67)73-8/h20-27,33-36,43,45H,3,5,9-19,28-32,37-40H2,1-2,4,6-8H3. The Kier molecular flexibility index (Phi) is 24.3. The number of halogens is 2. The summed E-state index contributed by atoms with van der Waals surface area (Å²) in [5.74, 6) is -3.98. The van der Waals surface area contributed by atoms with Crippen LogP contribution in [0.25, 0.3) is 33.4 Å². The second kappa shape index (κ2) is 30.7.